The van der Waals surface area contributed by atoms with E-state index in [0.717, 1.165) is 18.2 Å². The predicted molar refractivity (Wildman–Crippen MR) is 108 cm³/mol. The smallest absolute Gasteiger partial charge is 0.220 e. The molecule has 0 aliphatic carbocycles. The van der Waals surface area contributed by atoms with E-state index in [1.165, 1.54) is 12.1 Å². The molecule has 3 aromatic carbocycles. The second kappa shape index (κ2) is 6.69. The fraction of sp³-hybridized carbons (Fsp3) is 0.182. The first kappa shape index (κ1) is 20.1. The first-order valence-electron chi connectivity index (χ1n) is 9.20. The topological polar surface area (TPSA) is 149 Å². The van der Waals surface area contributed by atoms with Crippen molar-refractivity contribution in [3.8, 4) is 69.0 Å². The lowest BCUT2D eigenvalue weighted by atomic mass is 9.85. The van der Waals surface area contributed by atoms with Crippen molar-refractivity contribution in [2.75, 3.05) is 0 Å². The Bertz CT molecular complexity index is 1190. The molecule has 31 heavy (non-hydrogen) atoms. The third-order valence-corrected chi connectivity index (χ3v) is 4.60. The molecule has 1 heterocycles. The van der Waals surface area contributed by atoms with Crippen LogP contribution in [0.25, 0.3) is 0 Å². The van der Waals surface area contributed by atoms with Crippen LogP contribution < -0.4 is 14.2 Å². The molecular weight excluding hydrogens is 408 g/mol. The second-order valence-corrected chi connectivity index (χ2v) is 8.09. The Morgan fingerprint density at radius 3 is 1.71 bits per heavy atom. The monoisotopic (exact) mass is 428 g/mol. The SMILES string of the molecule is CC(C)(C)c1c(O)cc(O)c2c1Oc1c(O)cc(O)c(Oc3cc(O)cc(O)c3)c1O2. The highest BCUT2D eigenvalue weighted by atomic mass is 16.6. The zero-order valence-electron chi connectivity index (χ0n) is 16.8. The van der Waals surface area contributed by atoms with Crippen molar-refractivity contribution < 1.29 is 44.8 Å². The van der Waals surface area contributed by atoms with Crippen LogP contribution >= 0.6 is 0 Å². The van der Waals surface area contributed by atoms with E-state index < -0.39 is 22.7 Å². The quantitative estimate of drug-likeness (QED) is 0.262. The van der Waals surface area contributed by atoms with Gasteiger partial charge in [-0.05, 0) is 5.41 Å². The van der Waals surface area contributed by atoms with Gasteiger partial charge in [0.1, 0.15) is 23.0 Å². The fourth-order valence-corrected chi connectivity index (χ4v) is 3.37. The minimum absolute atomic E-state index is 0.000519. The van der Waals surface area contributed by atoms with Crippen molar-refractivity contribution in [3.05, 3.63) is 35.9 Å². The number of fused-ring (bicyclic) bond motifs is 2. The van der Waals surface area contributed by atoms with Crippen LogP contribution in [0.1, 0.15) is 26.3 Å². The lowest BCUT2D eigenvalue weighted by molar-refractivity contribution is 0.292. The lowest BCUT2D eigenvalue weighted by Gasteiger charge is -2.30. The highest BCUT2D eigenvalue weighted by molar-refractivity contribution is 5.74. The molecular formula is C22H20O9. The molecule has 0 fully saturated rings. The number of aromatic hydroxyl groups is 6. The van der Waals surface area contributed by atoms with Crippen LogP contribution in [-0.2, 0) is 5.41 Å². The number of phenolic OH excluding ortho intramolecular Hbond substituents is 6. The number of hydrogen-bond acceptors (Lipinski definition) is 9. The number of phenols is 6. The van der Waals surface area contributed by atoms with Crippen LogP contribution in [0.3, 0.4) is 0 Å². The maximum Gasteiger partial charge on any atom is 0.220 e. The van der Waals surface area contributed by atoms with Crippen LogP contribution in [-0.4, -0.2) is 30.6 Å². The third-order valence-electron chi connectivity index (χ3n) is 4.60. The Labute approximate surface area is 176 Å². The minimum Gasteiger partial charge on any atom is -0.508 e. The van der Waals surface area contributed by atoms with Crippen molar-refractivity contribution >= 4 is 0 Å². The summed E-state index contributed by atoms with van der Waals surface area (Å²) in [6.07, 6.45) is 0. The summed E-state index contributed by atoms with van der Waals surface area (Å²) in [4.78, 5) is 0. The predicted octanol–water partition coefficient (Wildman–Crippen LogP) is 4.91. The molecule has 162 valence electrons. The number of benzene rings is 3. The molecule has 0 saturated carbocycles. The second-order valence-electron chi connectivity index (χ2n) is 8.09. The summed E-state index contributed by atoms with van der Waals surface area (Å²) in [6.45, 7) is 5.45. The molecule has 0 radical (unpaired) electrons. The Hall–Kier alpha value is -4.14. The highest BCUT2D eigenvalue weighted by Gasteiger charge is 2.36. The molecule has 1 aliphatic rings. The van der Waals surface area contributed by atoms with Gasteiger partial charge in [0.05, 0.1) is 0 Å². The molecule has 0 unspecified atom stereocenters. The van der Waals surface area contributed by atoms with E-state index in [1.54, 1.807) is 0 Å². The Balaban J connectivity index is 1.89. The van der Waals surface area contributed by atoms with E-state index >= 15 is 0 Å². The average Bonchev–Trinajstić information content (AvgIpc) is 2.62. The zero-order valence-corrected chi connectivity index (χ0v) is 16.8. The zero-order chi connectivity index (χ0) is 22.7. The van der Waals surface area contributed by atoms with Gasteiger partial charge in [0.25, 0.3) is 0 Å². The Morgan fingerprint density at radius 2 is 1.13 bits per heavy atom. The standard InChI is InChI=1S/C22H20O9/c1-22(2,3)16-12(25)7-13(26)17-20(16)30-19-15(28)8-14(27)18(21(19)31-17)29-11-5-9(23)4-10(24)6-11/h4-8,23-28H,1-3H3. The summed E-state index contributed by atoms with van der Waals surface area (Å²) in [5.74, 6) is -3.20. The van der Waals surface area contributed by atoms with Gasteiger partial charge in [-0.15, -0.1) is 0 Å². The fourth-order valence-electron chi connectivity index (χ4n) is 3.37. The maximum absolute atomic E-state index is 10.4. The van der Waals surface area contributed by atoms with Crippen LogP contribution in [0.5, 0.6) is 69.0 Å². The molecule has 0 spiro atoms. The normalized spacial score (nSPS) is 12.4. The van der Waals surface area contributed by atoms with Crippen molar-refractivity contribution in [3.63, 3.8) is 0 Å². The molecule has 0 amide bonds. The number of ether oxygens (including phenoxy) is 3. The summed E-state index contributed by atoms with van der Waals surface area (Å²) < 4.78 is 17.2. The van der Waals surface area contributed by atoms with Crippen molar-refractivity contribution in [2.45, 2.75) is 26.2 Å². The van der Waals surface area contributed by atoms with Gasteiger partial charge in [0.2, 0.25) is 23.0 Å². The summed E-state index contributed by atoms with van der Waals surface area (Å²) >= 11 is 0. The van der Waals surface area contributed by atoms with Crippen LogP contribution in [0.4, 0.5) is 0 Å². The largest absolute Gasteiger partial charge is 0.508 e. The van der Waals surface area contributed by atoms with E-state index in [0.29, 0.717) is 5.56 Å². The highest BCUT2D eigenvalue weighted by Crippen LogP contribution is 2.62. The molecule has 9 heteroatoms. The molecule has 0 aromatic heterocycles. The molecule has 9 nitrogen and oxygen atoms in total. The van der Waals surface area contributed by atoms with Gasteiger partial charge in [-0.2, -0.15) is 0 Å². The summed E-state index contributed by atoms with van der Waals surface area (Å²) in [5.41, 5.74) is -0.285. The first-order valence-corrected chi connectivity index (χ1v) is 9.20. The van der Waals surface area contributed by atoms with Crippen LogP contribution in [0, 0.1) is 0 Å². The third kappa shape index (κ3) is 3.39. The van der Waals surface area contributed by atoms with E-state index in [-0.39, 0.29) is 51.7 Å². The van der Waals surface area contributed by atoms with Gasteiger partial charge < -0.3 is 44.8 Å². The summed E-state index contributed by atoms with van der Waals surface area (Å²) in [5, 5.41) is 60.8. The molecule has 1 aliphatic heterocycles. The summed E-state index contributed by atoms with van der Waals surface area (Å²) in [6, 6.07) is 5.52. The van der Waals surface area contributed by atoms with E-state index in [2.05, 4.69) is 0 Å². The van der Waals surface area contributed by atoms with Gasteiger partial charge in [0, 0.05) is 35.9 Å². The molecule has 0 bridgehead atoms. The summed E-state index contributed by atoms with van der Waals surface area (Å²) in [7, 11) is 0. The molecule has 3 aromatic rings. The Morgan fingerprint density at radius 1 is 0.613 bits per heavy atom. The number of rotatable bonds is 2. The van der Waals surface area contributed by atoms with E-state index in [1.807, 2.05) is 20.8 Å². The van der Waals surface area contributed by atoms with Gasteiger partial charge in [-0.3, -0.25) is 0 Å². The maximum atomic E-state index is 10.4. The van der Waals surface area contributed by atoms with Gasteiger partial charge in [0.15, 0.2) is 23.0 Å². The van der Waals surface area contributed by atoms with Crippen LogP contribution in [0.15, 0.2) is 30.3 Å². The van der Waals surface area contributed by atoms with Gasteiger partial charge in [-0.1, -0.05) is 20.8 Å². The van der Waals surface area contributed by atoms with Gasteiger partial charge in [-0.25, -0.2) is 0 Å². The Kier molecular flexibility index (Phi) is 4.35. The van der Waals surface area contributed by atoms with E-state index in [4.69, 9.17) is 14.2 Å². The van der Waals surface area contributed by atoms with Crippen LogP contribution in [0.2, 0.25) is 0 Å². The minimum atomic E-state index is -0.617. The number of hydrogen-bond donors (Lipinski definition) is 6. The lowest BCUT2D eigenvalue weighted by Crippen LogP contribution is -2.15. The first-order chi connectivity index (χ1) is 14.5. The van der Waals surface area contributed by atoms with Crippen molar-refractivity contribution in [1.82, 2.24) is 0 Å². The van der Waals surface area contributed by atoms with Gasteiger partial charge >= 0.3 is 0 Å². The molecule has 0 atom stereocenters. The van der Waals surface area contributed by atoms with Crippen molar-refractivity contribution in [2.24, 2.45) is 0 Å². The van der Waals surface area contributed by atoms with Crippen molar-refractivity contribution in [1.29, 1.82) is 0 Å². The average molecular weight is 428 g/mol. The molecule has 0 saturated heterocycles. The molecule has 4 rings (SSSR count). The van der Waals surface area contributed by atoms with E-state index in [9.17, 15) is 30.6 Å². The molecule has 6 N–H and O–H groups in total.